The van der Waals surface area contributed by atoms with Crippen LogP contribution in [-0.2, 0) is 15.7 Å². The highest BCUT2D eigenvalue weighted by atomic mass is 19.4. The molecule has 2 rings (SSSR count). The molecule has 1 aliphatic heterocycles. The number of hydrogen-bond acceptors (Lipinski definition) is 6. The van der Waals surface area contributed by atoms with Crippen LogP contribution in [0.15, 0.2) is 12.1 Å². The molecule has 1 amide bonds. The Morgan fingerprint density at radius 3 is 2.03 bits per heavy atom. The zero-order chi connectivity index (χ0) is 23.6. The van der Waals surface area contributed by atoms with Gasteiger partial charge in [-0.05, 0) is 66.5 Å². The van der Waals surface area contributed by atoms with Crippen LogP contribution in [0.2, 0.25) is 0 Å². The van der Waals surface area contributed by atoms with Crippen molar-refractivity contribution >= 4 is 17.9 Å². The smallest absolute Gasteiger partial charge is 0.433 e. The molecule has 1 N–H and O–H groups in total. The predicted octanol–water partition coefficient (Wildman–Crippen LogP) is 4.87. The van der Waals surface area contributed by atoms with Gasteiger partial charge in [0.1, 0.15) is 22.7 Å². The van der Waals surface area contributed by atoms with Gasteiger partial charge in [-0.3, -0.25) is 0 Å². The lowest BCUT2D eigenvalue weighted by molar-refractivity contribution is -0.141. The Morgan fingerprint density at radius 2 is 1.55 bits per heavy atom. The van der Waals surface area contributed by atoms with Crippen molar-refractivity contribution in [2.75, 3.05) is 18.4 Å². The number of rotatable bonds is 3. The lowest BCUT2D eigenvalue weighted by Crippen LogP contribution is -2.44. The molecule has 31 heavy (non-hydrogen) atoms. The summed E-state index contributed by atoms with van der Waals surface area (Å²) in [6.45, 7) is 11.0. The summed E-state index contributed by atoms with van der Waals surface area (Å²) >= 11 is 0. The van der Waals surface area contributed by atoms with E-state index in [0.717, 1.165) is 0 Å². The minimum atomic E-state index is -4.71. The number of alkyl halides is 3. The molecule has 10 heteroatoms. The maximum Gasteiger partial charge on any atom is 0.433 e. The zero-order valence-electron chi connectivity index (χ0n) is 18.7. The Bertz CT molecular complexity index is 806. The van der Waals surface area contributed by atoms with E-state index in [0.29, 0.717) is 32.0 Å². The highest BCUT2D eigenvalue weighted by molar-refractivity contribution is 5.90. The summed E-state index contributed by atoms with van der Waals surface area (Å²) in [5.74, 6) is -0.922. The molecule has 0 aliphatic carbocycles. The second-order valence-electron chi connectivity index (χ2n) is 9.51. The van der Waals surface area contributed by atoms with Gasteiger partial charge >= 0.3 is 18.2 Å². The van der Waals surface area contributed by atoms with Crippen LogP contribution >= 0.6 is 0 Å². The third kappa shape index (κ3) is 7.91. The normalized spacial score (nSPS) is 16.1. The summed E-state index contributed by atoms with van der Waals surface area (Å²) < 4.78 is 50.4. The number of hydrogen-bond donors (Lipinski definition) is 1. The standard InChI is InChI=1S/C21H30F3N3O4/c1-19(2,3)30-17(28)13-11-15(21(22,23)24)26-16(12-13)25-14-7-9-27(10-8-14)18(29)31-20(4,5)6/h11-12,14H,7-10H2,1-6H3,(H,25,26). The molecule has 0 unspecified atom stereocenters. The van der Waals surface area contributed by atoms with E-state index in [4.69, 9.17) is 9.47 Å². The van der Waals surface area contributed by atoms with Gasteiger partial charge in [0.15, 0.2) is 0 Å². The summed E-state index contributed by atoms with van der Waals surface area (Å²) in [5, 5.41) is 2.96. The molecule has 2 heterocycles. The first-order valence-electron chi connectivity index (χ1n) is 10.1. The van der Waals surface area contributed by atoms with Crippen molar-refractivity contribution in [1.29, 1.82) is 0 Å². The molecule has 1 aromatic heterocycles. The van der Waals surface area contributed by atoms with Crippen LogP contribution in [0.1, 0.15) is 70.4 Å². The van der Waals surface area contributed by atoms with Crippen molar-refractivity contribution in [3.05, 3.63) is 23.4 Å². The highest BCUT2D eigenvalue weighted by Crippen LogP contribution is 2.30. The summed E-state index contributed by atoms with van der Waals surface area (Å²) in [4.78, 5) is 29.7. The molecule has 0 radical (unpaired) electrons. The van der Waals surface area contributed by atoms with Gasteiger partial charge in [-0.25, -0.2) is 14.6 Å². The molecule has 7 nitrogen and oxygen atoms in total. The van der Waals surface area contributed by atoms with Gasteiger partial charge in [-0.15, -0.1) is 0 Å². The molecule has 1 aliphatic rings. The number of nitrogens with one attached hydrogen (secondary N) is 1. The second kappa shape index (κ2) is 8.92. The maximum atomic E-state index is 13.3. The van der Waals surface area contributed by atoms with Crippen molar-refractivity contribution in [3.63, 3.8) is 0 Å². The van der Waals surface area contributed by atoms with Crippen LogP contribution in [0.4, 0.5) is 23.8 Å². The molecule has 1 saturated heterocycles. The predicted molar refractivity (Wildman–Crippen MR) is 109 cm³/mol. The number of piperidine rings is 1. The van der Waals surface area contributed by atoms with Gasteiger partial charge in [0.05, 0.1) is 5.56 Å². The summed E-state index contributed by atoms with van der Waals surface area (Å²) in [6, 6.07) is 1.73. The first-order chi connectivity index (χ1) is 14.0. The van der Waals surface area contributed by atoms with Crippen molar-refractivity contribution in [3.8, 4) is 0 Å². The van der Waals surface area contributed by atoms with Crippen molar-refractivity contribution in [2.45, 2.75) is 77.8 Å². The first kappa shape index (κ1) is 24.7. The van der Waals surface area contributed by atoms with Gasteiger partial charge < -0.3 is 19.7 Å². The quantitative estimate of drug-likeness (QED) is 0.669. The topological polar surface area (TPSA) is 80.8 Å². The largest absolute Gasteiger partial charge is 0.456 e. The first-order valence-corrected chi connectivity index (χ1v) is 10.1. The van der Waals surface area contributed by atoms with E-state index in [1.54, 1.807) is 46.4 Å². The van der Waals surface area contributed by atoms with Crippen LogP contribution in [-0.4, -0.2) is 52.3 Å². The molecule has 0 aromatic carbocycles. The van der Waals surface area contributed by atoms with E-state index in [9.17, 15) is 22.8 Å². The van der Waals surface area contributed by atoms with E-state index in [1.165, 1.54) is 6.07 Å². The van der Waals surface area contributed by atoms with Gasteiger partial charge in [0.2, 0.25) is 0 Å². The molecule has 0 saturated carbocycles. The molecule has 0 bridgehead atoms. The maximum absolute atomic E-state index is 13.3. The van der Waals surface area contributed by atoms with E-state index in [-0.39, 0.29) is 17.4 Å². The van der Waals surface area contributed by atoms with E-state index >= 15 is 0 Å². The van der Waals surface area contributed by atoms with E-state index in [1.807, 2.05) is 0 Å². The van der Waals surface area contributed by atoms with Crippen LogP contribution < -0.4 is 5.32 Å². The Morgan fingerprint density at radius 1 is 1.00 bits per heavy atom. The minimum Gasteiger partial charge on any atom is -0.456 e. The number of aromatic nitrogens is 1. The molecular weight excluding hydrogens is 415 g/mol. The number of halogens is 3. The van der Waals surface area contributed by atoms with Gasteiger partial charge in [0.25, 0.3) is 0 Å². The van der Waals surface area contributed by atoms with E-state index < -0.39 is 35.1 Å². The molecule has 1 fully saturated rings. The average molecular weight is 445 g/mol. The summed E-state index contributed by atoms with van der Waals surface area (Å²) in [6.07, 6.45) is -4.14. The number of carbonyl (C=O) groups excluding carboxylic acids is 2. The number of nitrogens with zero attached hydrogens (tertiary/aromatic N) is 2. The van der Waals surface area contributed by atoms with Crippen LogP contribution in [0, 0.1) is 0 Å². The minimum absolute atomic E-state index is 0.0635. The zero-order valence-corrected chi connectivity index (χ0v) is 18.7. The van der Waals surface area contributed by atoms with Gasteiger partial charge in [-0.2, -0.15) is 13.2 Å². The van der Waals surface area contributed by atoms with Crippen molar-refractivity contribution in [1.82, 2.24) is 9.88 Å². The molecular formula is C21H30F3N3O4. The van der Waals surface area contributed by atoms with Crippen LogP contribution in [0.3, 0.4) is 0 Å². The number of amides is 1. The molecule has 174 valence electrons. The number of likely N-dealkylation sites (tertiary alicyclic amines) is 1. The van der Waals surface area contributed by atoms with Gasteiger partial charge in [-0.1, -0.05) is 0 Å². The summed E-state index contributed by atoms with van der Waals surface area (Å²) in [7, 11) is 0. The number of ether oxygens (including phenoxy) is 2. The fraction of sp³-hybridized carbons (Fsp3) is 0.667. The third-order valence-corrected chi connectivity index (χ3v) is 4.25. The fourth-order valence-corrected chi connectivity index (χ4v) is 2.95. The summed E-state index contributed by atoms with van der Waals surface area (Å²) in [5.41, 5.74) is -2.86. The third-order valence-electron chi connectivity index (χ3n) is 4.25. The van der Waals surface area contributed by atoms with Crippen molar-refractivity contribution in [2.24, 2.45) is 0 Å². The molecule has 1 aromatic rings. The monoisotopic (exact) mass is 445 g/mol. The number of esters is 1. The lowest BCUT2D eigenvalue weighted by atomic mass is 10.1. The van der Waals surface area contributed by atoms with E-state index in [2.05, 4.69) is 10.3 Å². The molecule has 0 atom stereocenters. The Balaban J connectivity index is 2.12. The van der Waals surface area contributed by atoms with Crippen LogP contribution in [0.5, 0.6) is 0 Å². The van der Waals surface area contributed by atoms with Crippen molar-refractivity contribution < 1.29 is 32.2 Å². The second-order valence-corrected chi connectivity index (χ2v) is 9.51. The lowest BCUT2D eigenvalue weighted by Gasteiger charge is -2.34. The Kier molecular flexibility index (Phi) is 7.12. The Labute approximate surface area is 180 Å². The highest BCUT2D eigenvalue weighted by Gasteiger charge is 2.35. The number of anilines is 1. The number of carbonyl (C=O) groups is 2. The van der Waals surface area contributed by atoms with Crippen LogP contribution in [0.25, 0.3) is 0 Å². The van der Waals surface area contributed by atoms with Gasteiger partial charge in [0, 0.05) is 19.1 Å². The SMILES string of the molecule is CC(C)(C)OC(=O)c1cc(NC2CCN(C(=O)OC(C)(C)C)CC2)nc(C(F)(F)F)c1. The number of pyridine rings is 1. The average Bonchev–Trinajstić information content (AvgIpc) is 2.58. The Hall–Kier alpha value is -2.52. The molecule has 0 spiro atoms. The fourth-order valence-electron chi connectivity index (χ4n) is 2.95.